The zero-order chi connectivity index (χ0) is 16.9. The summed E-state index contributed by atoms with van der Waals surface area (Å²) in [6, 6.07) is 0.0895. The molecule has 0 bridgehead atoms. The number of morpholine rings is 1. The summed E-state index contributed by atoms with van der Waals surface area (Å²) in [5.74, 6) is 1.13. The molecule has 0 aromatic rings. The highest BCUT2D eigenvalue weighted by Crippen LogP contribution is 2.23. The van der Waals surface area contributed by atoms with E-state index in [1.54, 1.807) is 0 Å². The van der Waals surface area contributed by atoms with Crippen molar-refractivity contribution >= 4 is 5.91 Å². The minimum absolute atomic E-state index is 0.0895. The van der Waals surface area contributed by atoms with Crippen LogP contribution in [0.5, 0.6) is 0 Å². The Balaban J connectivity index is 1.36. The van der Waals surface area contributed by atoms with Gasteiger partial charge in [-0.3, -0.25) is 9.69 Å². The van der Waals surface area contributed by atoms with Gasteiger partial charge in [0.15, 0.2) is 0 Å². The van der Waals surface area contributed by atoms with Crippen molar-refractivity contribution < 1.29 is 9.53 Å². The Kier molecular flexibility index (Phi) is 6.53. The quantitative estimate of drug-likeness (QED) is 0.851. The molecule has 3 aliphatic heterocycles. The second-order valence-electron chi connectivity index (χ2n) is 8.08. The molecule has 24 heavy (non-hydrogen) atoms. The number of hydrogen-bond acceptors (Lipinski definition) is 4. The van der Waals surface area contributed by atoms with Gasteiger partial charge in [-0.2, -0.15) is 0 Å². The Morgan fingerprint density at radius 1 is 1.08 bits per heavy atom. The number of hydrogen-bond donors (Lipinski definition) is 1. The number of amides is 1. The first-order valence-electron chi connectivity index (χ1n) is 10.0. The van der Waals surface area contributed by atoms with E-state index in [9.17, 15) is 4.79 Å². The molecule has 0 spiro atoms. The molecule has 5 heteroatoms. The van der Waals surface area contributed by atoms with E-state index in [-0.39, 0.29) is 6.04 Å². The fraction of sp³-hybridized carbons (Fsp3) is 0.947. The molecule has 5 nitrogen and oxygen atoms in total. The number of piperidine rings is 2. The van der Waals surface area contributed by atoms with Gasteiger partial charge in [0.05, 0.1) is 18.2 Å². The summed E-state index contributed by atoms with van der Waals surface area (Å²) in [4.78, 5) is 17.2. The number of nitrogens with one attached hydrogen (secondary N) is 1. The summed E-state index contributed by atoms with van der Waals surface area (Å²) in [6.07, 6.45) is 7.75. The van der Waals surface area contributed by atoms with E-state index in [0.29, 0.717) is 18.1 Å². The van der Waals surface area contributed by atoms with Crippen molar-refractivity contribution in [3.05, 3.63) is 0 Å². The van der Waals surface area contributed by atoms with Gasteiger partial charge in [-0.05, 0) is 65.0 Å². The van der Waals surface area contributed by atoms with E-state index in [0.717, 1.165) is 45.1 Å². The average molecular weight is 338 g/mol. The number of likely N-dealkylation sites (tertiary alicyclic amines) is 1. The largest absolute Gasteiger partial charge is 0.373 e. The summed E-state index contributed by atoms with van der Waals surface area (Å²) in [5.41, 5.74) is 0. The third-order valence-electron chi connectivity index (χ3n) is 5.88. The van der Waals surface area contributed by atoms with E-state index >= 15 is 0 Å². The molecular formula is C19H35N3O2. The highest BCUT2D eigenvalue weighted by molar-refractivity contribution is 5.82. The van der Waals surface area contributed by atoms with Crippen LogP contribution in [0.15, 0.2) is 0 Å². The Morgan fingerprint density at radius 2 is 1.79 bits per heavy atom. The summed E-state index contributed by atoms with van der Waals surface area (Å²) < 4.78 is 5.81. The van der Waals surface area contributed by atoms with E-state index in [2.05, 4.69) is 29.0 Å². The van der Waals surface area contributed by atoms with Gasteiger partial charge >= 0.3 is 0 Å². The number of nitrogens with zero attached hydrogens (tertiary/aromatic N) is 2. The van der Waals surface area contributed by atoms with Crippen LogP contribution in [0, 0.1) is 5.92 Å². The highest BCUT2D eigenvalue weighted by atomic mass is 16.5. The Hall–Kier alpha value is -0.650. The topological polar surface area (TPSA) is 44.8 Å². The van der Waals surface area contributed by atoms with E-state index in [1.165, 1.54) is 38.6 Å². The van der Waals surface area contributed by atoms with Gasteiger partial charge in [0.2, 0.25) is 5.91 Å². The summed E-state index contributed by atoms with van der Waals surface area (Å²) in [5, 5.41) is 3.39. The van der Waals surface area contributed by atoms with Gasteiger partial charge in [-0.15, -0.1) is 0 Å². The van der Waals surface area contributed by atoms with E-state index < -0.39 is 0 Å². The molecule has 3 heterocycles. The van der Waals surface area contributed by atoms with Gasteiger partial charge in [0.25, 0.3) is 0 Å². The minimum atomic E-state index is 0.0895. The molecule has 3 atom stereocenters. The standard InChI is InChI=1S/C19H35N3O2/c1-15-13-21(14-16(2)24-15)10-6-17-7-11-22(12-8-17)19(23)18-5-3-4-9-20-18/h15-18,20H,3-14H2,1-2H3/t15?,16?,18-/m1/s1. The highest BCUT2D eigenvalue weighted by Gasteiger charge is 2.29. The lowest BCUT2D eigenvalue weighted by atomic mass is 9.92. The van der Waals surface area contributed by atoms with Gasteiger partial charge < -0.3 is 15.0 Å². The van der Waals surface area contributed by atoms with Gasteiger partial charge in [0, 0.05) is 26.2 Å². The lowest BCUT2D eigenvalue weighted by Gasteiger charge is -2.38. The number of carbonyl (C=O) groups excluding carboxylic acids is 1. The van der Waals surface area contributed by atoms with Gasteiger partial charge in [0.1, 0.15) is 0 Å². The molecule has 1 amide bonds. The molecular weight excluding hydrogens is 302 g/mol. The van der Waals surface area contributed by atoms with Gasteiger partial charge in [-0.1, -0.05) is 6.42 Å². The molecule has 1 N–H and O–H groups in total. The van der Waals surface area contributed by atoms with Crippen molar-refractivity contribution in [2.24, 2.45) is 5.92 Å². The van der Waals surface area contributed by atoms with Crippen LogP contribution < -0.4 is 5.32 Å². The zero-order valence-electron chi connectivity index (χ0n) is 15.5. The lowest BCUT2D eigenvalue weighted by Crippen LogP contribution is -2.51. The van der Waals surface area contributed by atoms with Crippen LogP contribution in [0.4, 0.5) is 0 Å². The first-order chi connectivity index (χ1) is 11.6. The fourth-order valence-corrected chi connectivity index (χ4v) is 4.56. The summed E-state index contributed by atoms with van der Waals surface area (Å²) >= 11 is 0. The van der Waals surface area contributed by atoms with Crippen molar-refractivity contribution in [1.82, 2.24) is 15.1 Å². The molecule has 3 rings (SSSR count). The predicted molar refractivity (Wildman–Crippen MR) is 96.0 cm³/mol. The molecule has 0 saturated carbocycles. The zero-order valence-corrected chi connectivity index (χ0v) is 15.5. The second-order valence-corrected chi connectivity index (χ2v) is 8.08. The van der Waals surface area contributed by atoms with Crippen LogP contribution in [0.1, 0.15) is 52.4 Å². The number of ether oxygens (including phenoxy) is 1. The van der Waals surface area contributed by atoms with Gasteiger partial charge in [-0.25, -0.2) is 0 Å². The smallest absolute Gasteiger partial charge is 0.239 e. The molecule has 3 fully saturated rings. The van der Waals surface area contributed by atoms with Crippen LogP contribution in [0.2, 0.25) is 0 Å². The first kappa shape index (κ1) is 18.2. The van der Waals surface area contributed by atoms with Crippen LogP contribution in [-0.2, 0) is 9.53 Å². The SMILES string of the molecule is CC1CN(CCC2CCN(C(=O)[C@H]3CCCCN3)CC2)CC(C)O1. The third-order valence-corrected chi connectivity index (χ3v) is 5.88. The molecule has 0 aliphatic carbocycles. The minimum Gasteiger partial charge on any atom is -0.373 e. The van der Waals surface area contributed by atoms with Crippen molar-refractivity contribution in [1.29, 1.82) is 0 Å². The molecule has 0 radical (unpaired) electrons. The molecule has 3 aliphatic rings. The van der Waals surface area contributed by atoms with Crippen LogP contribution >= 0.6 is 0 Å². The second kappa shape index (κ2) is 8.63. The third kappa shape index (κ3) is 4.93. The van der Waals surface area contributed by atoms with Crippen molar-refractivity contribution in [3.63, 3.8) is 0 Å². The van der Waals surface area contributed by atoms with E-state index in [4.69, 9.17) is 4.74 Å². The van der Waals surface area contributed by atoms with Crippen molar-refractivity contribution in [2.75, 3.05) is 39.3 Å². The van der Waals surface area contributed by atoms with Crippen LogP contribution in [0.3, 0.4) is 0 Å². The maximum absolute atomic E-state index is 12.6. The van der Waals surface area contributed by atoms with E-state index in [1.807, 2.05) is 0 Å². The average Bonchev–Trinajstić information content (AvgIpc) is 2.60. The maximum Gasteiger partial charge on any atom is 0.239 e. The molecule has 0 aromatic carbocycles. The monoisotopic (exact) mass is 337 g/mol. The summed E-state index contributed by atoms with van der Waals surface area (Å²) in [7, 11) is 0. The van der Waals surface area contributed by atoms with Crippen molar-refractivity contribution in [3.8, 4) is 0 Å². The van der Waals surface area contributed by atoms with Crippen molar-refractivity contribution in [2.45, 2.75) is 70.6 Å². The van der Waals surface area contributed by atoms with Crippen LogP contribution in [-0.4, -0.2) is 73.2 Å². The fourth-order valence-electron chi connectivity index (χ4n) is 4.56. The molecule has 0 aromatic heterocycles. The van der Waals surface area contributed by atoms with Crippen LogP contribution in [0.25, 0.3) is 0 Å². The molecule has 2 unspecified atom stereocenters. The lowest BCUT2D eigenvalue weighted by molar-refractivity contribution is -0.135. The molecule has 138 valence electrons. The maximum atomic E-state index is 12.6. The molecule has 3 saturated heterocycles. The Bertz CT molecular complexity index is 393. The Labute approximate surface area is 147 Å². The first-order valence-corrected chi connectivity index (χ1v) is 10.0. The Morgan fingerprint density at radius 3 is 2.42 bits per heavy atom. The normalized spacial score (nSPS) is 33.6. The predicted octanol–water partition coefficient (Wildman–Crippen LogP) is 1.87. The number of carbonyl (C=O) groups is 1. The number of rotatable bonds is 4. The summed E-state index contributed by atoms with van der Waals surface area (Å²) in [6.45, 7) is 10.6.